The molecule has 2 rings (SSSR count). The van der Waals surface area contributed by atoms with E-state index >= 15 is 0 Å². The van der Waals surface area contributed by atoms with Crippen LogP contribution in [0.5, 0.6) is 5.75 Å². The van der Waals surface area contributed by atoms with Gasteiger partial charge in [-0.1, -0.05) is 12.1 Å². The van der Waals surface area contributed by atoms with E-state index in [1.807, 2.05) is 25.4 Å². The zero-order valence-corrected chi connectivity index (χ0v) is 7.81. The van der Waals surface area contributed by atoms with E-state index in [0.29, 0.717) is 5.69 Å². The van der Waals surface area contributed by atoms with E-state index in [2.05, 4.69) is 10.4 Å². The second-order valence-electron chi connectivity index (χ2n) is 2.91. The fraction of sp³-hybridized carbons (Fsp3) is 0.100. The first-order valence-electron chi connectivity index (χ1n) is 4.32. The van der Waals surface area contributed by atoms with E-state index in [0.717, 1.165) is 5.69 Å². The average Bonchev–Trinajstić information content (AvgIpc) is 2.67. The molecule has 1 aromatic heterocycles. The molecular formula is C10H11N3O. The summed E-state index contributed by atoms with van der Waals surface area (Å²) in [6.07, 6.45) is 3.52. The number of aromatic hydroxyl groups is 1. The minimum absolute atomic E-state index is 0.221. The maximum absolute atomic E-state index is 9.56. The van der Waals surface area contributed by atoms with Crippen LogP contribution >= 0.6 is 0 Å². The summed E-state index contributed by atoms with van der Waals surface area (Å²) in [7, 11) is 1.83. The summed E-state index contributed by atoms with van der Waals surface area (Å²) in [4.78, 5) is 0. The lowest BCUT2D eigenvalue weighted by Gasteiger charge is -2.02. The van der Waals surface area contributed by atoms with Crippen molar-refractivity contribution < 1.29 is 5.11 Å². The minimum atomic E-state index is 0.221. The van der Waals surface area contributed by atoms with Crippen LogP contribution in [0.2, 0.25) is 0 Å². The second-order valence-corrected chi connectivity index (χ2v) is 2.91. The van der Waals surface area contributed by atoms with Gasteiger partial charge in [-0.2, -0.15) is 5.10 Å². The van der Waals surface area contributed by atoms with Crippen LogP contribution in [-0.2, 0) is 0 Å². The number of hydrogen-bond acceptors (Lipinski definition) is 3. The van der Waals surface area contributed by atoms with E-state index < -0.39 is 0 Å². The summed E-state index contributed by atoms with van der Waals surface area (Å²) in [6.45, 7) is 0. The number of nitrogens with one attached hydrogen (secondary N) is 1. The quantitative estimate of drug-likeness (QED) is 0.754. The van der Waals surface area contributed by atoms with Crippen LogP contribution in [0.4, 0.5) is 5.69 Å². The number of phenols is 1. The van der Waals surface area contributed by atoms with Crippen molar-refractivity contribution >= 4 is 5.69 Å². The van der Waals surface area contributed by atoms with Gasteiger partial charge in [0.1, 0.15) is 11.4 Å². The molecule has 0 saturated heterocycles. The van der Waals surface area contributed by atoms with Gasteiger partial charge in [-0.3, -0.25) is 0 Å². The maximum Gasteiger partial charge on any atom is 0.141 e. The molecule has 0 atom stereocenters. The Morgan fingerprint density at radius 1 is 1.36 bits per heavy atom. The summed E-state index contributed by atoms with van der Waals surface area (Å²) in [6, 6.07) is 7.08. The molecule has 1 heterocycles. The van der Waals surface area contributed by atoms with Crippen LogP contribution in [0.1, 0.15) is 0 Å². The predicted octanol–water partition coefficient (Wildman–Crippen LogP) is 1.62. The monoisotopic (exact) mass is 189 g/mol. The molecule has 72 valence electrons. The molecule has 0 fully saturated rings. The molecule has 2 aromatic rings. The molecule has 4 heteroatoms. The molecule has 0 unspecified atom stereocenters. The zero-order valence-electron chi connectivity index (χ0n) is 7.81. The van der Waals surface area contributed by atoms with Crippen molar-refractivity contribution in [3.63, 3.8) is 0 Å². The first kappa shape index (κ1) is 8.62. The number of anilines is 1. The van der Waals surface area contributed by atoms with Gasteiger partial charge in [0, 0.05) is 7.05 Å². The summed E-state index contributed by atoms with van der Waals surface area (Å²) in [5.41, 5.74) is 1.59. The molecule has 0 aliphatic heterocycles. The third-order valence-electron chi connectivity index (χ3n) is 2.00. The topological polar surface area (TPSA) is 50.1 Å². The van der Waals surface area contributed by atoms with Gasteiger partial charge in [0.15, 0.2) is 0 Å². The fourth-order valence-electron chi connectivity index (χ4n) is 1.24. The fourth-order valence-corrected chi connectivity index (χ4v) is 1.24. The lowest BCUT2D eigenvalue weighted by Crippen LogP contribution is -1.94. The van der Waals surface area contributed by atoms with Crippen LogP contribution in [0.15, 0.2) is 36.7 Å². The molecule has 0 spiro atoms. The lowest BCUT2D eigenvalue weighted by molar-refractivity contribution is 0.470. The third kappa shape index (κ3) is 1.42. The molecule has 4 nitrogen and oxygen atoms in total. The van der Waals surface area contributed by atoms with Crippen molar-refractivity contribution in [3.8, 4) is 11.4 Å². The summed E-state index contributed by atoms with van der Waals surface area (Å²) in [5, 5.41) is 16.6. The predicted molar refractivity (Wildman–Crippen MR) is 54.8 cm³/mol. The van der Waals surface area contributed by atoms with Crippen LogP contribution in [-0.4, -0.2) is 21.9 Å². The molecule has 1 aromatic carbocycles. The van der Waals surface area contributed by atoms with Crippen molar-refractivity contribution in [2.75, 3.05) is 12.4 Å². The Labute approximate surface area is 81.8 Å². The first-order chi connectivity index (χ1) is 6.81. The molecule has 0 aliphatic rings. The van der Waals surface area contributed by atoms with E-state index in [9.17, 15) is 5.11 Å². The van der Waals surface area contributed by atoms with Gasteiger partial charge < -0.3 is 10.4 Å². The number of para-hydroxylation sites is 2. The Balaban J connectivity index is 2.44. The summed E-state index contributed by atoms with van der Waals surface area (Å²) >= 11 is 0. The van der Waals surface area contributed by atoms with Gasteiger partial charge in [0.2, 0.25) is 0 Å². The van der Waals surface area contributed by atoms with Gasteiger partial charge in [-0.25, -0.2) is 4.68 Å². The number of aromatic nitrogens is 2. The largest absolute Gasteiger partial charge is 0.506 e. The SMILES string of the molecule is CNc1cnn(-c2ccccc2O)c1. The van der Waals surface area contributed by atoms with Crippen molar-refractivity contribution in [1.82, 2.24) is 9.78 Å². The van der Waals surface area contributed by atoms with Gasteiger partial charge in [-0.15, -0.1) is 0 Å². The minimum Gasteiger partial charge on any atom is -0.506 e. The first-order valence-corrected chi connectivity index (χ1v) is 4.32. The van der Waals surface area contributed by atoms with E-state index in [1.165, 1.54) is 0 Å². The van der Waals surface area contributed by atoms with E-state index in [4.69, 9.17) is 0 Å². The summed E-state index contributed by atoms with van der Waals surface area (Å²) < 4.78 is 1.63. The van der Waals surface area contributed by atoms with E-state index in [1.54, 1.807) is 23.0 Å². The van der Waals surface area contributed by atoms with E-state index in [-0.39, 0.29) is 5.75 Å². The van der Waals surface area contributed by atoms with Gasteiger partial charge in [0.05, 0.1) is 18.1 Å². The van der Waals surface area contributed by atoms with Gasteiger partial charge >= 0.3 is 0 Å². The molecule has 0 aliphatic carbocycles. The molecule has 0 bridgehead atoms. The molecule has 0 radical (unpaired) electrons. The highest BCUT2D eigenvalue weighted by Gasteiger charge is 2.03. The Bertz CT molecular complexity index is 436. The third-order valence-corrected chi connectivity index (χ3v) is 2.00. The highest BCUT2D eigenvalue weighted by molar-refractivity contribution is 5.48. The molecule has 2 N–H and O–H groups in total. The number of rotatable bonds is 2. The Kier molecular flexibility index (Phi) is 2.10. The van der Waals surface area contributed by atoms with Crippen LogP contribution in [0.25, 0.3) is 5.69 Å². The Hall–Kier alpha value is -1.97. The maximum atomic E-state index is 9.56. The normalized spacial score (nSPS) is 10.1. The Morgan fingerprint density at radius 2 is 2.14 bits per heavy atom. The molecule has 14 heavy (non-hydrogen) atoms. The number of hydrogen-bond donors (Lipinski definition) is 2. The van der Waals surface area contributed by atoms with Gasteiger partial charge in [0.25, 0.3) is 0 Å². The lowest BCUT2D eigenvalue weighted by atomic mass is 10.3. The smallest absolute Gasteiger partial charge is 0.141 e. The van der Waals surface area contributed by atoms with Crippen LogP contribution < -0.4 is 5.32 Å². The van der Waals surface area contributed by atoms with Crippen LogP contribution in [0.3, 0.4) is 0 Å². The average molecular weight is 189 g/mol. The van der Waals surface area contributed by atoms with Crippen molar-refractivity contribution in [3.05, 3.63) is 36.7 Å². The van der Waals surface area contributed by atoms with Crippen molar-refractivity contribution in [2.45, 2.75) is 0 Å². The molecule has 0 saturated carbocycles. The second kappa shape index (κ2) is 3.41. The van der Waals surface area contributed by atoms with Crippen molar-refractivity contribution in [2.24, 2.45) is 0 Å². The molecule has 0 amide bonds. The van der Waals surface area contributed by atoms with Crippen LogP contribution in [0, 0.1) is 0 Å². The highest BCUT2D eigenvalue weighted by atomic mass is 16.3. The van der Waals surface area contributed by atoms with Crippen molar-refractivity contribution in [1.29, 1.82) is 0 Å². The summed E-state index contributed by atoms with van der Waals surface area (Å²) in [5.74, 6) is 0.221. The number of benzene rings is 1. The van der Waals surface area contributed by atoms with Gasteiger partial charge in [-0.05, 0) is 12.1 Å². The Morgan fingerprint density at radius 3 is 2.79 bits per heavy atom. The standard InChI is InChI=1S/C10H11N3O/c1-11-8-6-12-13(7-8)9-4-2-3-5-10(9)14/h2-7,11,14H,1H3. The highest BCUT2D eigenvalue weighted by Crippen LogP contribution is 2.20. The number of phenolic OH excluding ortho intramolecular Hbond substituents is 1. The number of nitrogens with zero attached hydrogens (tertiary/aromatic N) is 2. The zero-order chi connectivity index (χ0) is 9.97. The molecular weight excluding hydrogens is 178 g/mol.